The van der Waals surface area contributed by atoms with Crippen LogP contribution in [0.2, 0.25) is 0 Å². The van der Waals surface area contributed by atoms with Gasteiger partial charge in [0.25, 0.3) is 0 Å². The van der Waals surface area contributed by atoms with Gasteiger partial charge in [0.2, 0.25) is 0 Å². The van der Waals surface area contributed by atoms with Crippen molar-refractivity contribution in [3.63, 3.8) is 0 Å². The van der Waals surface area contributed by atoms with Crippen LogP contribution in [0, 0.1) is 6.92 Å². The van der Waals surface area contributed by atoms with E-state index in [0.29, 0.717) is 11.4 Å². The molecule has 0 spiro atoms. The summed E-state index contributed by atoms with van der Waals surface area (Å²) in [5.74, 6) is -1.41. The van der Waals surface area contributed by atoms with Gasteiger partial charge in [-0.05, 0) is 72.6 Å². The molecule has 2 N–H and O–H groups in total. The summed E-state index contributed by atoms with van der Waals surface area (Å²) in [5, 5.41) is 5.26. The van der Waals surface area contributed by atoms with Gasteiger partial charge >= 0.3 is 11.8 Å². The van der Waals surface area contributed by atoms with Gasteiger partial charge in [0, 0.05) is 28.9 Å². The third-order valence-corrected chi connectivity index (χ3v) is 4.61. The predicted octanol–water partition coefficient (Wildman–Crippen LogP) is 4.18. The molecule has 0 radical (unpaired) electrons. The Kier molecular flexibility index (Phi) is 6.58. The average molecular weight is 404 g/mol. The van der Waals surface area contributed by atoms with Gasteiger partial charge in [-0.3, -0.25) is 9.59 Å². The molecule has 132 valence electrons. The van der Waals surface area contributed by atoms with E-state index in [4.69, 9.17) is 0 Å². The van der Waals surface area contributed by atoms with Crippen LogP contribution < -0.4 is 15.5 Å². The lowest BCUT2D eigenvalue weighted by Crippen LogP contribution is -2.29. The molecule has 0 saturated heterocycles. The Morgan fingerprint density at radius 3 is 2.12 bits per heavy atom. The van der Waals surface area contributed by atoms with Crippen LogP contribution in [0.15, 0.2) is 46.9 Å². The molecule has 0 fully saturated rings. The summed E-state index contributed by atoms with van der Waals surface area (Å²) in [6, 6.07) is 12.9. The number of aryl methyl sites for hydroxylation is 1. The average Bonchev–Trinajstić information content (AvgIpc) is 2.60. The zero-order chi connectivity index (χ0) is 18.4. The summed E-state index contributed by atoms with van der Waals surface area (Å²) in [6.07, 6.45) is 0. The van der Waals surface area contributed by atoms with Gasteiger partial charge in [0.15, 0.2) is 0 Å². The molecule has 0 bridgehead atoms. The van der Waals surface area contributed by atoms with Gasteiger partial charge in [-0.1, -0.05) is 12.1 Å². The summed E-state index contributed by atoms with van der Waals surface area (Å²) in [6.45, 7) is 7.93. The number of halogens is 1. The van der Waals surface area contributed by atoms with Crippen molar-refractivity contribution >= 4 is 44.8 Å². The summed E-state index contributed by atoms with van der Waals surface area (Å²) >= 11 is 3.34. The highest BCUT2D eigenvalue weighted by atomic mass is 79.9. The van der Waals surface area contributed by atoms with Crippen molar-refractivity contribution < 1.29 is 9.59 Å². The first-order chi connectivity index (χ1) is 12.0. The number of hydrogen-bond acceptors (Lipinski definition) is 3. The smallest absolute Gasteiger partial charge is 0.314 e. The van der Waals surface area contributed by atoms with E-state index < -0.39 is 11.8 Å². The maximum atomic E-state index is 12.2. The normalized spacial score (nSPS) is 10.2. The number of benzene rings is 2. The van der Waals surface area contributed by atoms with Gasteiger partial charge in [0.1, 0.15) is 0 Å². The van der Waals surface area contributed by atoms with Crippen molar-refractivity contribution in [2.24, 2.45) is 0 Å². The molecule has 0 aromatic heterocycles. The van der Waals surface area contributed by atoms with Crippen molar-refractivity contribution in [2.45, 2.75) is 20.8 Å². The summed E-state index contributed by atoms with van der Waals surface area (Å²) in [7, 11) is 0. The number of para-hydroxylation sites is 1. The molecule has 0 saturated carbocycles. The molecule has 2 aromatic rings. The Morgan fingerprint density at radius 2 is 1.56 bits per heavy atom. The minimum absolute atomic E-state index is 0.552. The zero-order valence-corrected chi connectivity index (χ0v) is 16.2. The van der Waals surface area contributed by atoms with Crippen LogP contribution in [0.25, 0.3) is 0 Å². The number of nitrogens with zero attached hydrogens (tertiary/aromatic N) is 1. The second kappa shape index (κ2) is 8.67. The molecule has 25 heavy (non-hydrogen) atoms. The molecule has 6 heteroatoms. The summed E-state index contributed by atoms with van der Waals surface area (Å²) < 4.78 is 0.718. The van der Waals surface area contributed by atoms with Gasteiger partial charge in [-0.2, -0.15) is 0 Å². The lowest BCUT2D eigenvalue weighted by molar-refractivity contribution is -0.133. The van der Waals surface area contributed by atoms with E-state index in [2.05, 4.69) is 45.3 Å². The Bertz CT molecular complexity index is 773. The standard InChI is InChI=1S/C19H22BrN3O2/c1-4-23(5-2)14-10-11-16(13(3)12-14)21-18(24)19(25)22-17-9-7-6-8-15(17)20/h6-12H,4-5H2,1-3H3,(H,21,24)(H,22,25). The van der Waals surface area contributed by atoms with Crippen molar-refractivity contribution in [1.82, 2.24) is 0 Å². The number of nitrogens with one attached hydrogen (secondary N) is 2. The van der Waals surface area contributed by atoms with E-state index in [-0.39, 0.29) is 0 Å². The first kappa shape index (κ1) is 19.0. The molecular formula is C19H22BrN3O2. The molecular weight excluding hydrogens is 382 g/mol. The monoisotopic (exact) mass is 403 g/mol. The quantitative estimate of drug-likeness (QED) is 0.735. The highest BCUT2D eigenvalue weighted by molar-refractivity contribution is 9.10. The molecule has 2 amide bonds. The van der Waals surface area contributed by atoms with Crippen molar-refractivity contribution in [3.8, 4) is 0 Å². The van der Waals surface area contributed by atoms with Gasteiger partial charge in [-0.15, -0.1) is 0 Å². The number of hydrogen-bond donors (Lipinski definition) is 2. The van der Waals surface area contributed by atoms with Crippen LogP contribution in [0.4, 0.5) is 17.1 Å². The molecule has 0 heterocycles. The van der Waals surface area contributed by atoms with Crippen LogP contribution in [-0.2, 0) is 9.59 Å². The zero-order valence-electron chi connectivity index (χ0n) is 14.6. The second-order valence-corrected chi connectivity index (χ2v) is 6.41. The first-order valence-electron chi connectivity index (χ1n) is 8.18. The van der Waals surface area contributed by atoms with Crippen LogP contribution in [0.1, 0.15) is 19.4 Å². The Hall–Kier alpha value is -2.34. The number of carbonyl (C=O) groups is 2. The largest absolute Gasteiger partial charge is 0.372 e. The minimum Gasteiger partial charge on any atom is -0.372 e. The number of anilines is 3. The second-order valence-electron chi connectivity index (χ2n) is 5.56. The summed E-state index contributed by atoms with van der Waals surface area (Å²) in [5.41, 5.74) is 3.18. The van der Waals surface area contributed by atoms with Crippen molar-refractivity contribution in [2.75, 3.05) is 28.6 Å². The summed E-state index contributed by atoms with van der Waals surface area (Å²) in [4.78, 5) is 26.5. The van der Waals surface area contributed by atoms with Crippen LogP contribution >= 0.6 is 15.9 Å². The molecule has 0 aliphatic rings. The highest BCUT2D eigenvalue weighted by Gasteiger charge is 2.16. The van der Waals surface area contributed by atoms with E-state index in [9.17, 15) is 9.59 Å². The fraction of sp³-hybridized carbons (Fsp3) is 0.263. The Balaban J connectivity index is 2.07. The molecule has 2 rings (SSSR count). The molecule has 5 nitrogen and oxygen atoms in total. The molecule has 0 aliphatic carbocycles. The van der Waals surface area contributed by atoms with Crippen molar-refractivity contribution in [3.05, 3.63) is 52.5 Å². The van der Waals surface area contributed by atoms with E-state index in [1.165, 1.54) is 0 Å². The molecule has 2 aromatic carbocycles. The van der Waals surface area contributed by atoms with Gasteiger partial charge < -0.3 is 15.5 Å². The SMILES string of the molecule is CCN(CC)c1ccc(NC(=O)C(=O)Nc2ccccc2Br)c(C)c1. The van der Waals surface area contributed by atoms with Crippen LogP contribution in [-0.4, -0.2) is 24.9 Å². The number of amides is 2. The van der Waals surface area contributed by atoms with Crippen LogP contribution in [0.3, 0.4) is 0 Å². The van der Waals surface area contributed by atoms with E-state index in [1.807, 2.05) is 31.2 Å². The number of rotatable bonds is 5. The highest BCUT2D eigenvalue weighted by Crippen LogP contribution is 2.23. The third-order valence-electron chi connectivity index (χ3n) is 3.92. The van der Waals surface area contributed by atoms with E-state index in [0.717, 1.165) is 28.8 Å². The van der Waals surface area contributed by atoms with E-state index in [1.54, 1.807) is 18.2 Å². The fourth-order valence-corrected chi connectivity index (χ4v) is 2.88. The lowest BCUT2D eigenvalue weighted by Gasteiger charge is -2.22. The maximum absolute atomic E-state index is 12.2. The van der Waals surface area contributed by atoms with Crippen molar-refractivity contribution in [1.29, 1.82) is 0 Å². The molecule has 0 unspecified atom stereocenters. The molecule has 0 aliphatic heterocycles. The third kappa shape index (κ3) is 4.82. The Morgan fingerprint density at radius 1 is 0.960 bits per heavy atom. The topological polar surface area (TPSA) is 61.4 Å². The fourth-order valence-electron chi connectivity index (χ4n) is 2.49. The molecule has 0 atom stereocenters. The van der Waals surface area contributed by atoms with Gasteiger partial charge in [-0.25, -0.2) is 0 Å². The van der Waals surface area contributed by atoms with Gasteiger partial charge in [0.05, 0.1) is 5.69 Å². The minimum atomic E-state index is -0.709. The maximum Gasteiger partial charge on any atom is 0.314 e. The Labute approximate surface area is 156 Å². The number of carbonyl (C=O) groups excluding carboxylic acids is 2. The predicted molar refractivity (Wildman–Crippen MR) is 106 cm³/mol. The van der Waals surface area contributed by atoms with E-state index >= 15 is 0 Å². The van der Waals surface area contributed by atoms with Crippen LogP contribution in [0.5, 0.6) is 0 Å². The lowest BCUT2D eigenvalue weighted by atomic mass is 10.1. The first-order valence-corrected chi connectivity index (χ1v) is 8.98.